The summed E-state index contributed by atoms with van der Waals surface area (Å²) < 4.78 is 31.4. The molecule has 1 amide bonds. The third kappa shape index (κ3) is 7.77. The molecular weight excluding hydrogens is 388 g/mol. The van der Waals surface area contributed by atoms with E-state index in [-0.39, 0.29) is 19.1 Å². The molecule has 0 atom stereocenters. The number of hydrogen-bond acceptors (Lipinski definition) is 4. The van der Waals surface area contributed by atoms with Crippen molar-refractivity contribution in [2.24, 2.45) is 5.92 Å². The highest BCUT2D eigenvalue weighted by Gasteiger charge is 2.18. The van der Waals surface area contributed by atoms with Gasteiger partial charge in [-0.15, -0.1) is 0 Å². The average Bonchev–Trinajstić information content (AvgIpc) is 2.65. The number of amides is 1. The standard InChI is InChI=1S/C22H30N2O4S/c1-17(2)13-14-23-22(25)16-28-21-11-9-20(10-12-21)24(29(4,26)27)15-19-7-5-18(3)6-8-19/h5-12,17H,13-16H2,1-4H3,(H,23,25). The quantitative estimate of drug-likeness (QED) is 0.641. The van der Waals surface area contributed by atoms with Crippen LogP contribution in [0.25, 0.3) is 0 Å². The molecule has 0 aliphatic heterocycles. The molecule has 0 bridgehead atoms. The summed E-state index contributed by atoms with van der Waals surface area (Å²) in [6.07, 6.45) is 2.11. The van der Waals surface area contributed by atoms with Crippen molar-refractivity contribution in [3.05, 3.63) is 59.7 Å². The Morgan fingerprint density at radius 3 is 2.24 bits per heavy atom. The Bertz CT molecular complexity index is 891. The lowest BCUT2D eigenvalue weighted by Gasteiger charge is -2.23. The Balaban J connectivity index is 2.00. The van der Waals surface area contributed by atoms with Crippen LogP contribution in [0.2, 0.25) is 0 Å². The van der Waals surface area contributed by atoms with Crippen molar-refractivity contribution in [3.8, 4) is 5.75 Å². The summed E-state index contributed by atoms with van der Waals surface area (Å²) in [5.74, 6) is 0.866. The van der Waals surface area contributed by atoms with Crippen molar-refractivity contribution in [3.63, 3.8) is 0 Å². The number of nitrogens with zero attached hydrogens (tertiary/aromatic N) is 1. The molecule has 0 unspecified atom stereocenters. The smallest absolute Gasteiger partial charge is 0.257 e. The minimum absolute atomic E-state index is 0.0728. The van der Waals surface area contributed by atoms with Gasteiger partial charge in [0.25, 0.3) is 5.91 Å². The Morgan fingerprint density at radius 1 is 1.07 bits per heavy atom. The second kappa shape index (κ2) is 10.3. The zero-order valence-corrected chi connectivity index (χ0v) is 18.3. The van der Waals surface area contributed by atoms with E-state index in [1.807, 2.05) is 31.2 Å². The third-order valence-corrected chi connectivity index (χ3v) is 5.53. The van der Waals surface area contributed by atoms with Gasteiger partial charge in [0.2, 0.25) is 10.0 Å². The van der Waals surface area contributed by atoms with Crippen molar-refractivity contribution in [2.75, 3.05) is 23.7 Å². The van der Waals surface area contributed by atoms with Gasteiger partial charge in [0.15, 0.2) is 6.61 Å². The zero-order chi connectivity index (χ0) is 21.4. The summed E-state index contributed by atoms with van der Waals surface area (Å²) in [5, 5.41) is 2.81. The summed E-state index contributed by atoms with van der Waals surface area (Å²) in [5.41, 5.74) is 2.57. The number of carbonyl (C=O) groups excluding carboxylic acids is 1. The van der Waals surface area contributed by atoms with Crippen molar-refractivity contribution in [2.45, 2.75) is 33.7 Å². The maximum atomic E-state index is 12.3. The van der Waals surface area contributed by atoms with Gasteiger partial charge in [0.05, 0.1) is 18.5 Å². The highest BCUT2D eigenvalue weighted by Crippen LogP contribution is 2.24. The Morgan fingerprint density at radius 2 is 1.69 bits per heavy atom. The summed E-state index contributed by atoms with van der Waals surface area (Å²) in [6, 6.07) is 14.5. The van der Waals surface area contributed by atoms with Crippen LogP contribution in [0, 0.1) is 12.8 Å². The fraction of sp³-hybridized carbons (Fsp3) is 0.409. The molecule has 0 spiro atoms. The number of benzene rings is 2. The van der Waals surface area contributed by atoms with Crippen LogP contribution in [0.1, 0.15) is 31.4 Å². The molecule has 158 valence electrons. The summed E-state index contributed by atoms with van der Waals surface area (Å²) in [7, 11) is -3.45. The first-order chi connectivity index (χ1) is 13.6. The lowest BCUT2D eigenvalue weighted by atomic mass is 10.1. The summed E-state index contributed by atoms with van der Waals surface area (Å²) in [4.78, 5) is 11.8. The molecule has 2 aromatic rings. The molecule has 0 saturated carbocycles. The lowest BCUT2D eigenvalue weighted by molar-refractivity contribution is -0.123. The molecule has 1 N–H and O–H groups in total. The van der Waals surface area contributed by atoms with E-state index in [0.717, 1.165) is 17.5 Å². The van der Waals surface area contributed by atoms with Crippen molar-refractivity contribution in [1.82, 2.24) is 5.32 Å². The normalized spacial score (nSPS) is 11.3. The molecule has 29 heavy (non-hydrogen) atoms. The van der Waals surface area contributed by atoms with Gasteiger partial charge in [-0.25, -0.2) is 8.42 Å². The second-order valence-electron chi connectivity index (χ2n) is 7.57. The lowest BCUT2D eigenvalue weighted by Crippen LogP contribution is -2.30. The Labute approximate surface area is 173 Å². The number of ether oxygens (including phenoxy) is 1. The van der Waals surface area contributed by atoms with Crippen LogP contribution in [-0.4, -0.2) is 33.7 Å². The van der Waals surface area contributed by atoms with E-state index in [9.17, 15) is 13.2 Å². The van der Waals surface area contributed by atoms with Gasteiger partial charge in [-0.1, -0.05) is 43.7 Å². The first kappa shape index (κ1) is 22.7. The van der Waals surface area contributed by atoms with E-state index in [1.54, 1.807) is 24.3 Å². The van der Waals surface area contributed by atoms with Gasteiger partial charge < -0.3 is 10.1 Å². The topological polar surface area (TPSA) is 75.7 Å². The van der Waals surface area contributed by atoms with Crippen molar-refractivity contribution >= 4 is 21.6 Å². The number of hydrogen-bond donors (Lipinski definition) is 1. The molecule has 2 aromatic carbocycles. The number of aryl methyl sites for hydroxylation is 1. The molecule has 0 aromatic heterocycles. The maximum Gasteiger partial charge on any atom is 0.257 e. The number of rotatable bonds is 10. The predicted octanol–water partition coefficient (Wildman–Crippen LogP) is 3.50. The van der Waals surface area contributed by atoms with Gasteiger partial charge in [-0.2, -0.15) is 0 Å². The summed E-state index contributed by atoms with van der Waals surface area (Å²) >= 11 is 0. The van der Waals surface area contributed by atoms with E-state index in [0.29, 0.717) is 23.9 Å². The number of anilines is 1. The summed E-state index contributed by atoms with van der Waals surface area (Å²) in [6.45, 7) is 6.99. The van der Waals surface area contributed by atoms with Crippen LogP contribution in [-0.2, 0) is 21.4 Å². The maximum absolute atomic E-state index is 12.3. The highest BCUT2D eigenvalue weighted by atomic mass is 32.2. The number of sulfonamides is 1. The van der Waals surface area contributed by atoms with Gasteiger partial charge in [-0.3, -0.25) is 9.10 Å². The fourth-order valence-corrected chi connectivity index (χ4v) is 3.56. The molecule has 0 fully saturated rings. The molecule has 0 aliphatic rings. The molecular formula is C22H30N2O4S. The monoisotopic (exact) mass is 418 g/mol. The van der Waals surface area contributed by atoms with Crippen LogP contribution in [0.4, 0.5) is 5.69 Å². The molecule has 0 heterocycles. The molecule has 0 radical (unpaired) electrons. The largest absolute Gasteiger partial charge is 0.484 e. The molecule has 6 nitrogen and oxygen atoms in total. The van der Waals surface area contributed by atoms with E-state index in [4.69, 9.17) is 4.74 Å². The first-order valence-electron chi connectivity index (χ1n) is 9.68. The van der Waals surface area contributed by atoms with Crippen molar-refractivity contribution < 1.29 is 17.9 Å². The van der Waals surface area contributed by atoms with Crippen LogP contribution in [0.5, 0.6) is 5.75 Å². The predicted molar refractivity (Wildman–Crippen MR) is 117 cm³/mol. The minimum atomic E-state index is -3.45. The molecule has 0 aliphatic carbocycles. The fourth-order valence-electron chi connectivity index (χ4n) is 2.67. The van der Waals surface area contributed by atoms with Crippen LogP contribution in [0.15, 0.2) is 48.5 Å². The van der Waals surface area contributed by atoms with E-state index >= 15 is 0 Å². The van der Waals surface area contributed by atoms with Crippen molar-refractivity contribution in [1.29, 1.82) is 0 Å². The second-order valence-corrected chi connectivity index (χ2v) is 9.48. The van der Waals surface area contributed by atoms with Gasteiger partial charge in [-0.05, 0) is 49.1 Å². The molecule has 0 saturated heterocycles. The number of carbonyl (C=O) groups is 1. The molecule has 2 rings (SSSR count). The minimum Gasteiger partial charge on any atom is -0.484 e. The molecule has 7 heteroatoms. The SMILES string of the molecule is Cc1ccc(CN(c2ccc(OCC(=O)NCCC(C)C)cc2)S(C)(=O)=O)cc1. The van der Waals surface area contributed by atoms with Crippen LogP contribution in [0.3, 0.4) is 0 Å². The third-order valence-electron chi connectivity index (χ3n) is 4.39. The Kier molecular flexibility index (Phi) is 8.08. The number of nitrogens with one attached hydrogen (secondary N) is 1. The van der Waals surface area contributed by atoms with Gasteiger partial charge in [0.1, 0.15) is 5.75 Å². The average molecular weight is 419 g/mol. The Hall–Kier alpha value is -2.54. The van der Waals surface area contributed by atoms with E-state index in [2.05, 4.69) is 19.2 Å². The van der Waals surface area contributed by atoms with E-state index in [1.165, 1.54) is 10.6 Å². The zero-order valence-electron chi connectivity index (χ0n) is 17.5. The highest BCUT2D eigenvalue weighted by molar-refractivity contribution is 7.92. The van der Waals surface area contributed by atoms with Crippen LogP contribution >= 0.6 is 0 Å². The van der Waals surface area contributed by atoms with Gasteiger partial charge >= 0.3 is 0 Å². The van der Waals surface area contributed by atoms with E-state index < -0.39 is 10.0 Å². The van der Waals surface area contributed by atoms with Gasteiger partial charge in [0, 0.05) is 6.54 Å². The first-order valence-corrected chi connectivity index (χ1v) is 11.5. The van der Waals surface area contributed by atoms with Crippen LogP contribution < -0.4 is 14.4 Å².